The molecule has 0 fully saturated rings. The number of carbonyl (C=O) groups is 1. The molecular weight excluding hydrogens is 332 g/mol. The first kappa shape index (κ1) is 17.9. The zero-order valence-electron chi connectivity index (χ0n) is 14.2. The van der Waals surface area contributed by atoms with Gasteiger partial charge in [0.1, 0.15) is 24.0 Å². The Labute approximate surface area is 151 Å². The van der Waals surface area contributed by atoms with Crippen molar-refractivity contribution in [2.45, 2.75) is 12.7 Å². The lowest BCUT2D eigenvalue weighted by atomic mass is 10.1. The van der Waals surface area contributed by atoms with E-state index >= 15 is 0 Å². The molecule has 3 rings (SSSR count). The van der Waals surface area contributed by atoms with Crippen molar-refractivity contribution in [3.05, 3.63) is 77.9 Å². The number of aliphatic hydroxyl groups is 1. The average molecular weight is 352 g/mol. The lowest BCUT2D eigenvalue weighted by Gasteiger charge is -2.15. The zero-order chi connectivity index (χ0) is 18.4. The van der Waals surface area contributed by atoms with Crippen LogP contribution in [0.25, 0.3) is 10.8 Å². The summed E-state index contributed by atoms with van der Waals surface area (Å²) in [7, 11) is 0. The number of carboxylic acids is 1. The van der Waals surface area contributed by atoms with E-state index in [1.165, 1.54) is 0 Å². The van der Waals surface area contributed by atoms with Crippen molar-refractivity contribution in [2.24, 2.45) is 0 Å². The predicted molar refractivity (Wildman–Crippen MR) is 98.5 cm³/mol. The molecule has 5 nitrogen and oxygen atoms in total. The molecule has 3 aromatic rings. The third-order valence-corrected chi connectivity index (χ3v) is 3.93. The highest BCUT2D eigenvalue weighted by Crippen LogP contribution is 2.26. The third-order valence-electron chi connectivity index (χ3n) is 3.93. The van der Waals surface area contributed by atoms with Crippen LogP contribution in [0.2, 0.25) is 0 Å². The summed E-state index contributed by atoms with van der Waals surface area (Å²) in [6.45, 7) is 0.451. The van der Waals surface area contributed by atoms with Gasteiger partial charge in [0.15, 0.2) is 0 Å². The Morgan fingerprint density at radius 2 is 1.58 bits per heavy atom. The second-order valence-electron chi connectivity index (χ2n) is 5.97. The number of fused-ring (bicyclic) bond motifs is 1. The van der Waals surface area contributed by atoms with Crippen LogP contribution >= 0.6 is 0 Å². The Morgan fingerprint density at radius 3 is 2.27 bits per heavy atom. The van der Waals surface area contributed by atoms with E-state index in [1.54, 1.807) is 12.1 Å². The smallest absolute Gasteiger partial charge is 0.339 e. The second-order valence-corrected chi connectivity index (χ2v) is 5.97. The molecule has 0 aliphatic heterocycles. The largest absolute Gasteiger partial charge is 0.490 e. The Balaban J connectivity index is 1.59. The summed E-state index contributed by atoms with van der Waals surface area (Å²) in [5.41, 5.74) is 1.09. The minimum atomic E-state index is -1.07. The molecular formula is C21H20O5. The molecule has 0 radical (unpaired) electrons. The van der Waals surface area contributed by atoms with E-state index in [0.29, 0.717) is 6.61 Å². The molecule has 1 unspecified atom stereocenters. The van der Waals surface area contributed by atoms with Crippen LogP contribution in [0.15, 0.2) is 66.7 Å². The van der Waals surface area contributed by atoms with Gasteiger partial charge in [-0.2, -0.15) is 0 Å². The first-order valence-corrected chi connectivity index (χ1v) is 8.32. The van der Waals surface area contributed by atoms with Crippen molar-refractivity contribution in [3.63, 3.8) is 0 Å². The number of hydrogen-bond acceptors (Lipinski definition) is 4. The maximum Gasteiger partial charge on any atom is 0.339 e. The average Bonchev–Trinajstić information content (AvgIpc) is 2.66. The highest BCUT2D eigenvalue weighted by atomic mass is 16.5. The molecule has 5 heteroatoms. The Kier molecular flexibility index (Phi) is 5.84. The number of ether oxygens (including phenoxy) is 2. The van der Waals surface area contributed by atoms with Crippen molar-refractivity contribution in [1.82, 2.24) is 0 Å². The van der Waals surface area contributed by atoms with Gasteiger partial charge in [-0.1, -0.05) is 54.6 Å². The van der Waals surface area contributed by atoms with Gasteiger partial charge in [0.25, 0.3) is 0 Å². The lowest BCUT2D eigenvalue weighted by Crippen LogP contribution is -2.24. The summed E-state index contributed by atoms with van der Waals surface area (Å²) in [5.74, 6) is -0.834. The second kappa shape index (κ2) is 8.47. The van der Waals surface area contributed by atoms with E-state index in [2.05, 4.69) is 0 Å². The van der Waals surface area contributed by atoms with Crippen LogP contribution in [0.3, 0.4) is 0 Å². The van der Waals surface area contributed by atoms with Gasteiger partial charge >= 0.3 is 5.97 Å². The molecule has 0 aliphatic carbocycles. The topological polar surface area (TPSA) is 76.0 Å². The van der Waals surface area contributed by atoms with Gasteiger partial charge in [-0.3, -0.25) is 0 Å². The number of aromatic carboxylic acids is 1. The van der Waals surface area contributed by atoms with Gasteiger partial charge in [-0.25, -0.2) is 4.79 Å². The quantitative estimate of drug-likeness (QED) is 0.649. The van der Waals surface area contributed by atoms with Crippen molar-refractivity contribution in [2.75, 3.05) is 13.2 Å². The molecule has 0 heterocycles. The molecule has 1 atom stereocenters. The zero-order valence-corrected chi connectivity index (χ0v) is 14.2. The number of hydrogen-bond donors (Lipinski definition) is 2. The number of aliphatic hydroxyl groups excluding tert-OH is 1. The number of rotatable bonds is 8. The fraction of sp³-hybridized carbons (Fsp3) is 0.190. The fourth-order valence-corrected chi connectivity index (χ4v) is 2.63. The van der Waals surface area contributed by atoms with E-state index in [9.17, 15) is 15.0 Å². The van der Waals surface area contributed by atoms with Gasteiger partial charge in [0, 0.05) is 0 Å². The van der Waals surface area contributed by atoms with Crippen LogP contribution in [0.1, 0.15) is 15.9 Å². The fourth-order valence-electron chi connectivity index (χ4n) is 2.63. The predicted octanol–water partition coefficient (Wildman–Crippen LogP) is 3.49. The molecule has 0 spiro atoms. The molecule has 26 heavy (non-hydrogen) atoms. The van der Waals surface area contributed by atoms with E-state index in [1.807, 2.05) is 54.6 Å². The molecule has 0 saturated heterocycles. The SMILES string of the molecule is O=C(O)c1cc2ccccc2cc1OCC(O)COCc1ccccc1. The highest BCUT2D eigenvalue weighted by molar-refractivity contribution is 5.97. The summed E-state index contributed by atoms with van der Waals surface area (Å²) in [6, 6.07) is 20.4. The lowest BCUT2D eigenvalue weighted by molar-refractivity contribution is 0.00524. The van der Waals surface area contributed by atoms with Crippen LogP contribution in [0.4, 0.5) is 0 Å². The highest BCUT2D eigenvalue weighted by Gasteiger charge is 2.15. The van der Waals surface area contributed by atoms with E-state index in [4.69, 9.17) is 9.47 Å². The van der Waals surface area contributed by atoms with Crippen LogP contribution in [0.5, 0.6) is 5.75 Å². The van der Waals surface area contributed by atoms with Gasteiger partial charge in [0.05, 0.1) is 13.2 Å². The summed E-state index contributed by atoms with van der Waals surface area (Å²) < 4.78 is 11.0. The van der Waals surface area contributed by atoms with E-state index in [0.717, 1.165) is 16.3 Å². The number of benzene rings is 3. The standard InChI is InChI=1S/C21H20O5/c22-18(13-25-12-15-6-2-1-3-7-15)14-26-20-11-17-9-5-4-8-16(17)10-19(20)21(23)24/h1-11,18,22H,12-14H2,(H,23,24). The summed E-state index contributed by atoms with van der Waals surface area (Å²) in [5, 5.41) is 21.1. The normalized spacial score (nSPS) is 12.0. The monoisotopic (exact) mass is 352 g/mol. The molecule has 0 saturated carbocycles. The maximum atomic E-state index is 11.5. The first-order chi connectivity index (χ1) is 12.6. The molecule has 134 valence electrons. The van der Waals surface area contributed by atoms with Crippen molar-refractivity contribution in [1.29, 1.82) is 0 Å². The van der Waals surface area contributed by atoms with Crippen molar-refractivity contribution < 1.29 is 24.5 Å². The first-order valence-electron chi connectivity index (χ1n) is 8.32. The van der Waals surface area contributed by atoms with Gasteiger partial charge in [-0.05, 0) is 28.5 Å². The minimum absolute atomic E-state index is 0.0482. The van der Waals surface area contributed by atoms with Crippen molar-refractivity contribution in [3.8, 4) is 5.75 Å². The van der Waals surface area contributed by atoms with E-state index in [-0.39, 0.29) is 24.5 Å². The molecule has 0 amide bonds. The van der Waals surface area contributed by atoms with E-state index < -0.39 is 12.1 Å². The van der Waals surface area contributed by atoms with Gasteiger partial charge < -0.3 is 19.7 Å². The molecule has 0 bridgehead atoms. The summed E-state index contributed by atoms with van der Waals surface area (Å²) in [6.07, 6.45) is -0.855. The number of carboxylic acid groups (broad SMARTS) is 1. The van der Waals surface area contributed by atoms with Crippen LogP contribution in [-0.4, -0.2) is 35.5 Å². The molecule has 0 aliphatic rings. The summed E-state index contributed by atoms with van der Waals surface area (Å²) >= 11 is 0. The van der Waals surface area contributed by atoms with Gasteiger partial charge in [0.2, 0.25) is 0 Å². The molecule has 0 aromatic heterocycles. The summed E-state index contributed by atoms with van der Waals surface area (Å²) in [4.78, 5) is 11.5. The molecule has 2 N–H and O–H groups in total. The molecule has 3 aromatic carbocycles. The van der Waals surface area contributed by atoms with Crippen molar-refractivity contribution >= 4 is 16.7 Å². The Hall–Kier alpha value is -2.89. The maximum absolute atomic E-state index is 11.5. The third kappa shape index (κ3) is 4.59. The Bertz CT molecular complexity index is 876. The van der Waals surface area contributed by atoms with Gasteiger partial charge in [-0.15, -0.1) is 0 Å². The minimum Gasteiger partial charge on any atom is -0.490 e. The Morgan fingerprint density at radius 1 is 0.923 bits per heavy atom. The van der Waals surface area contributed by atoms with Crippen LogP contribution in [0, 0.1) is 0 Å². The van der Waals surface area contributed by atoms with Crippen LogP contribution in [-0.2, 0) is 11.3 Å². The van der Waals surface area contributed by atoms with Crippen LogP contribution < -0.4 is 4.74 Å².